The third-order valence-corrected chi connectivity index (χ3v) is 5.01. The van der Waals surface area contributed by atoms with Crippen molar-refractivity contribution < 1.29 is 4.79 Å². The van der Waals surface area contributed by atoms with Crippen molar-refractivity contribution in [2.45, 2.75) is 25.9 Å². The second kappa shape index (κ2) is 5.59. The maximum absolute atomic E-state index is 11.7. The van der Waals surface area contributed by atoms with E-state index in [9.17, 15) is 4.79 Å². The third-order valence-electron chi connectivity index (χ3n) is 4.38. The predicted octanol–water partition coefficient (Wildman–Crippen LogP) is 1.93. The second-order valence-corrected chi connectivity index (χ2v) is 6.83. The Morgan fingerprint density at radius 1 is 1.29 bits per heavy atom. The van der Waals surface area contributed by atoms with Gasteiger partial charge in [-0.1, -0.05) is 0 Å². The number of halogens is 1. The topological polar surface area (TPSA) is 61.6 Å². The zero-order chi connectivity index (χ0) is 15.1. The largest absolute Gasteiger partial charge is 0.368 e. The lowest BCUT2D eigenvalue weighted by atomic mass is 10.1. The molecular weight excluding hydrogens is 332 g/mol. The van der Waals surface area contributed by atoms with Gasteiger partial charge >= 0.3 is 0 Å². The van der Waals surface area contributed by atoms with Crippen LogP contribution in [0.4, 0.5) is 11.4 Å². The minimum absolute atomic E-state index is 0.126. The molecule has 0 spiro atoms. The van der Waals surface area contributed by atoms with Crippen molar-refractivity contribution in [1.29, 1.82) is 0 Å². The number of carbonyl (C=O) groups excluding carboxylic acids is 1. The summed E-state index contributed by atoms with van der Waals surface area (Å²) in [7, 11) is 0. The highest BCUT2D eigenvalue weighted by molar-refractivity contribution is 9.10. The van der Waals surface area contributed by atoms with Crippen LogP contribution in [-0.2, 0) is 4.79 Å². The van der Waals surface area contributed by atoms with Gasteiger partial charge < -0.3 is 16.0 Å². The Morgan fingerprint density at radius 3 is 2.57 bits per heavy atom. The van der Waals surface area contributed by atoms with E-state index in [-0.39, 0.29) is 5.91 Å². The number of amides is 1. The molecule has 3 N–H and O–H groups in total. The van der Waals surface area contributed by atoms with Gasteiger partial charge in [-0.05, 0) is 41.9 Å². The van der Waals surface area contributed by atoms with Crippen molar-refractivity contribution in [2.75, 3.05) is 36.4 Å². The fourth-order valence-electron chi connectivity index (χ4n) is 3.02. The molecule has 0 radical (unpaired) electrons. The first-order valence-electron chi connectivity index (χ1n) is 7.36. The first-order chi connectivity index (χ1) is 9.97. The quantitative estimate of drug-likeness (QED) is 0.853. The molecule has 1 amide bonds. The van der Waals surface area contributed by atoms with Crippen LogP contribution < -0.4 is 16.0 Å². The normalized spacial score (nSPS) is 22.6. The van der Waals surface area contributed by atoms with E-state index in [1.54, 1.807) is 0 Å². The molecule has 0 saturated carbocycles. The minimum atomic E-state index is -0.553. The zero-order valence-electron chi connectivity index (χ0n) is 12.4. The molecule has 6 heteroatoms. The molecule has 5 nitrogen and oxygen atoms in total. The average molecular weight is 353 g/mol. The van der Waals surface area contributed by atoms with E-state index in [1.165, 1.54) is 0 Å². The molecule has 1 aromatic carbocycles. The molecule has 2 aliphatic rings. The fourth-order valence-corrected chi connectivity index (χ4v) is 3.63. The Balaban J connectivity index is 1.82. The molecule has 1 aromatic rings. The number of hydrogen-bond donors (Lipinski definition) is 2. The molecule has 114 valence electrons. The van der Waals surface area contributed by atoms with Crippen LogP contribution >= 0.6 is 15.9 Å². The number of fused-ring (bicyclic) bond motifs is 1. The van der Waals surface area contributed by atoms with E-state index in [2.05, 4.69) is 44.9 Å². The molecular formula is C15H21BrN4O. The molecule has 0 bridgehead atoms. The van der Waals surface area contributed by atoms with Crippen LogP contribution in [0.1, 0.15) is 25.5 Å². The predicted molar refractivity (Wildman–Crippen MR) is 88.6 cm³/mol. The lowest BCUT2D eigenvalue weighted by molar-refractivity contribution is -0.116. The van der Waals surface area contributed by atoms with Gasteiger partial charge in [0.05, 0.1) is 5.69 Å². The molecule has 1 fully saturated rings. The van der Waals surface area contributed by atoms with Gasteiger partial charge in [-0.3, -0.25) is 9.69 Å². The molecule has 0 aromatic heterocycles. The minimum Gasteiger partial charge on any atom is -0.368 e. The lowest BCUT2D eigenvalue weighted by Gasteiger charge is -2.38. The Bertz CT molecular complexity index is 567. The summed E-state index contributed by atoms with van der Waals surface area (Å²) in [4.78, 5) is 16.5. The Morgan fingerprint density at radius 2 is 1.95 bits per heavy atom. The second-order valence-electron chi connectivity index (χ2n) is 5.97. The van der Waals surface area contributed by atoms with Gasteiger partial charge in [-0.15, -0.1) is 0 Å². The van der Waals surface area contributed by atoms with Crippen molar-refractivity contribution in [1.82, 2.24) is 4.90 Å². The first-order valence-corrected chi connectivity index (χ1v) is 8.15. The van der Waals surface area contributed by atoms with Crippen molar-refractivity contribution in [3.8, 4) is 0 Å². The zero-order valence-corrected chi connectivity index (χ0v) is 14.0. The molecule has 2 heterocycles. The number of nitrogens with two attached hydrogens (primary N) is 1. The highest BCUT2D eigenvalue weighted by Gasteiger charge is 2.29. The maximum Gasteiger partial charge on any atom is 0.245 e. The Kier molecular flexibility index (Phi) is 3.94. The standard InChI is InChI=1S/C15H21BrN4O/c1-9(2)19-3-5-20(6-4-19)13-8-12-10(7-11(13)16)14(17)15(21)18-12/h7-9,14H,3-6,17H2,1-2H3,(H,18,21). The third kappa shape index (κ3) is 2.67. The number of hydrogen-bond acceptors (Lipinski definition) is 4. The van der Waals surface area contributed by atoms with Gasteiger partial charge in [-0.25, -0.2) is 0 Å². The van der Waals surface area contributed by atoms with Gasteiger partial charge in [0.15, 0.2) is 0 Å². The van der Waals surface area contributed by atoms with Crippen LogP contribution in [0.2, 0.25) is 0 Å². The van der Waals surface area contributed by atoms with Gasteiger partial charge in [0.1, 0.15) is 6.04 Å². The lowest BCUT2D eigenvalue weighted by Crippen LogP contribution is -2.49. The molecule has 21 heavy (non-hydrogen) atoms. The van der Waals surface area contributed by atoms with E-state index in [1.807, 2.05) is 12.1 Å². The van der Waals surface area contributed by atoms with Crippen LogP contribution in [0.5, 0.6) is 0 Å². The van der Waals surface area contributed by atoms with Crippen LogP contribution in [-0.4, -0.2) is 43.0 Å². The van der Waals surface area contributed by atoms with E-state index >= 15 is 0 Å². The summed E-state index contributed by atoms with van der Waals surface area (Å²) in [5, 5.41) is 2.86. The number of benzene rings is 1. The van der Waals surface area contributed by atoms with Crippen molar-refractivity contribution in [3.05, 3.63) is 22.2 Å². The molecule has 3 rings (SSSR count). The Hall–Kier alpha value is -1.11. The van der Waals surface area contributed by atoms with Crippen LogP contribution in [0.15, 0.2) is 16.6 Å². The van der Waals surface area contributed by atoms with Gasteiger partial charge in [0.25, 0.3) is 0 Å². The average Bonchev–Trinajstić information content (AvgIpc) is 2.73. The molecule has 1 atom stereocenters. The highest BCUT2D eigenvalue weighted by atomic mass is 79.9. The molecule has 1 unspecified atom stereocenters. The molecule has 0 aliphatic carbocycles. The van der Waals surface area contributed by atoms with Gasteiger partial charge in [0, 0.05) is 47.9 Å². The number of rotatable bonds is 2. The van der Waals surface area contributed by atoms with Gasteiger partial charge in [-0.2, -0.15) is 0 Å². The van der Waals surface area contributed by atoms with E-state index < -0.39 is 6.04 Å². The van der Waals surface area contributed by atoms with Crippen molar-refractivity contribution in [2.24, 2.45) is 5.73 Å². The molecule has 1 saturated heterocycles. The van der Waals surface area contributed by atoms with Crippen molar-refractivity contribution >= 4 is 33.2 Å². The first kappa shape index (κ1) is 14.8. The smallest absolute Gasteiger partial charge is 0.245 e. The summed E-state index contributed by atoms with van der Waals surface area (Å²) in [6.07, 6.45) is 0. The van der Waals surface area contributed by atoms with Crippen LogP contribution in [0.25, 0.3) is 0 Å². The maximum atomic E-state index is 11.7. The fraction of sp³-hybridized carbons (Fsp3) is 0.533. The SMILES string of the molecule is CC(C)N1CCN(c2cc3c(cc2Br)C(N)C(=O)N3)CC1. The van der Waals surface area contributed by atoms with Gasteiger partial charge in [0.2, 0.25) is 5.91 Å². The summed E-state index contributed by atoms with van der Waals surface area (Å²) in [6, 6.07) is 4.05. The van der Waals surface area contributed by atoms with Crippen molar-refractivity contribution in [3.63, 3.8) is 0 Å². The van der Waals surface area contributed by atoms with Crippen LogP contribution in [0.3, 0.4) is 0 Å². The number of piperazine rings is 1. The van der Waals surface area contributed by atoms with Crippen LogP contribution in [0, 0.1) is 0 Å². The number of nitrogens with zero attached hydrogens (tertiary/aromatic N) is 2. The van der Waals surface area contributed by atoms with E-state index in [4.69, 9.17) is 5.73 Å². The summed E-state index contributed by atoms with van der Waals surface area (Å²) in [6.45, 7) is 8.58. The van der Waals surface area contributed by atoms with E-state index in [0.717, 1.165) is 47.6 Å². The number of carbonyl (C=O) groups is 1. The van der Waals surface area contributed by atoms with E-state index in [0.29, 0.717) is 6.04 Å². The summed E-state index contributed by atoms with van der Waals surface area (Å²) in [5.74, 6) is -0.126. The monoisotopic (exact) mass is 352 g/mol. The summed E-state index contributed by atoms with van der Waals surface area (Å²) >= 11 is 3.63. The molecule has 2 aliphatic heterocycles. The Labute approximate surface area is 133 Å². The number of nitrogens with one attached hydrogen (secondary N) is 1. The summed E-state index contributed by atoms with van der Waals surface area (Å²) < 4.78 is 1.01. The summed E-state index contributed by atoms with van der Waals surface area (Å²) in [5.41, 5.74) is 8.73. The highest BCUT2D eigenvalue weighted by Crippen LogP contribution is 2.38. The number of anilines is 2.